The molecule has 0 amide bonds. The summed E-state index contributed by atoms with van der Waals surface area (Å²) in [5.74, 6) is -2.26. The van der Waals surface area contributed by atoms with E-state index >= 15 is 0 Å². The van der Waals surface area contributed by atoms with Crippen molar-refractivity contribution in [2.75, 3.05) is 0 Å². The van der Waals surface area contributed by atoms with Crippen molar-refractivity contribution < 1.29 is 19.8 Å². The van der Waals surface area contributed by atoms with Gasteiger partial charge in [0.15, 0.2) is 0 Å². The van der Waals surface area contributed by atoms with Crippen molar-refractivity contribution in [3.05, 3.63) is 11.6 Å². The lowest BCUT2D eigenvalue weighted by Crippen LogP contribution is -2.20. The molecule has 0 saturated carbocycles. The minimum Gasteiger partial charge on any atom is -0.478 e. The average molecular weight is 214 g/mol. The van der Waals surface area contributed by atoms with Crippen LogP contribution in [0.25, 0.3) is 0 Å². The van der Waals surface area contributed by atoms with Crippen LogP contribution in [0.3, 0.4) is 0 Å². The molecule has 86 valence electrons. The first-order valence-electron chi connectivity index (χ1n) is 4.81. The van der Waals surface area contributed by atoms with Gasteiger partial charge in [-0.15, -0.1) is 0 Å². The number of carbonyl (C=O) groups is 2. The van der Waals surface area contributed by atoms with Crippen molar-refractivity contribution in [3.63, 3.8) is 0 Å². The summed E-state index contributed by atoms with van der Waals surface area (Å²) in [6, 6.07) is 0. The Morgan fingerprint density at radius 1 is 1.27 bits per heavy atom. The van der Waals surface area contributed by atoms with Gasteiger partial charge in [-0.05, 0) is 17.8 Å². The quantitative estimate of drug-likeness (QED) is 0.703. The third kappa shape index (κ3) is 5.20. The highest BCUT2D eigenvalue weighted by molar-refractivity contribution is 5.94. The number of hydrogen-bond acceptors (Lipinski definition) is 2. The molecule has 1 atom stereocenters. The molecule has 0 bridgehead atoms. The van der Waals surface area contributed by atoms with Crippen LogP contribution in [0.1, 0.15) is 34.1 Å². The third-order valence-electron chi connectivity index (χ3n) is 2.58. The van der Waals surface area contributed by atoms with E-state index in [4.69, 9.17) is 10.2 Å². The molecule has 15 heavy (non-hydrogen) atoms. The highest BCUT2D eigenvalue weighted by Crippen LogP contribution is 2.30. The highest BCUT2D eigenvalue weighted by atomic mass is 16.4. The summed E-state index contributed by atoms with van der Waals surface area (Å²) in [7, 11) is 0. The predicted molar refractivity (Wildman–Crippen MR) is 56.6 cm³/mol. The first-order valence-corrected chi connectivity index (χ1v) is 4.81. The van der Waals surface area contributed by atoms with Gasteiger partial charge in [-0.2, -0.15) is 0 Å². The number of rotatable bonds is 4. The standard InChI is InChI=1S/C11H18O4/c1-7(11(2,3)4)5-8(10(14)15)6-9(12)13/h6-7H,5H2,1-4H3,(H,12,13)(H,14,15). The Morgan fingerprint density at radius 3 is 2.00 bits per heavy atom. The van der Waals surface area contributed by atoms with Crippen LogP contribution in [0.4, 0.5) is 0 Å². The summed E-state index contributed by atoms with van der Waals surface area (Å²) in [6.45, 7) is 7.91. The van der Waals surface area contributed by atoms with Crippen LogP contribution in [0, 0.1) is 11.3 Å². The molecule has 0 aromatic carbocycles. The smallest absolute Gasteiger partial charge is 0.331 e. The summed E-state index contributed by atoms with van der Waals surface area (Å²) in [5.41, 5.74) is -0.0857. The zero-order valence-electron chi connectivity index (χ0n) is 9.57. The topological polar surface area (TPSA) is 74.6 Å². The second kappa shape index (κ2) is 4.96. The number of aliphatic carboxylic acids is 2. The van der Waals surface area contributed by atoms with E-state index in [0.29, 0.717) is 0 Å². The molecule has 0 fully saturated rings. The normalized spacial score (nSPS) is 14.8. The van der Waals surface area contributed by atoms with Gasteiger partial charge in [0.1, 0.15) is 0 Å². The first-order chi connectivity index (χ1) is 6.64. The molecule has 0 saturated heterocycles. The van der Waals surface area contributed by atoms with Crippen LogP contribution in [-0.4, -0.2) is 22.2 Å². The van der Waals surface area contributed by atoms with Crippen molar-refractivity contribution >= 4 is 11.9 Å². The maximum Gasteiger partial charge on any atom is 0.331 e. The molecule has 0 rings (SSSR count). The molecule has 0 heterocycles. The van der Waals surface area contributed by atoms with Gasteiger partial charge in [-0.3, -0.25) is 0 Å². The summed E-state index contributed by atoms with van der Waals surface area (Å²) in [4.78, 5) is 21.2. The van der Waals surface area contributed by atoms with Crippen molar-refractivity contribution in [3.8, 4) is 0 Å². The molecular formula is C11H18O4. The molecule has 2 N–H and O–H groups in total. The fourth-order valence-electron chi connectivity index (χ4n) is 0.993. The molecule has 0 spiro atoms. The Morgan fingerprint density at radius 2 is 1.73 bits per heavy atom. The SMILES string of the molecule is CC(CC(=CC(=O)O)C(=O)O)C(C)(C)C. The minimum absolute atomic E-state index is 0.0347. The van der Waals surface area contributed by atoms with E-state index in [1.807, 2.05) is 27.7 Å². The lowest BCUT2D eigenvalue weighted by molar-refractivity contribution is -0.135. The molecule has 0 radical (unpaired) electrons. The van der Waals surface area contributed by atoms with Crippen LogP contribution < -0.4 is 0 Å². The summed E-state index contributed by atoms with van der Waals surface area (Å²) >= 11 is 0. The van der Waals surface area contributed by atoms with Gasteiger partial charge >= 0.3 is 11.9 Å². The molecule has 4 heteroatoms. The van der Waals surface area contributed by atoms with E-state index in [1.165, 1.54) is 0 Å². The first kappa shape index (κ1) is 13.7. The summed E-state index contributed by atoms with van der Waals surface area (Å²) in [6.07, 6.45) is 1.04. The third-order valence-corrected chi connectivity index (χ3v) is 2.58. The second-order valence-electron chi connectivity index (χ2n) is 4.78. The van der Waals surface area contributed by atoms with Crippen LogP contribution in [0.15, 0.2) is 11.6 Å². The summed E-state index contributed by atoms with van der Waals surface area (Å²) < 4.78 is 0. The molecule has 0 aliphatic heterocycles. The molecule has 0 aliphatic rings. The van der Waals surface area contributed by atoms with Crippen molar-refractivity contribution in [2.45, 2.75) is 34.1 Å². The highest BCUT2D eigenvalue weighted by Gasteiger charge is 2.23. The van der Waals surface area contributed by atoms with Gasteiger partial charge < -0.3 is 10.2 Å². The maximum absolute atomic E-state index is 10.8. The zero-order chi connectivity index (χ0) is 12.2. The Kier molecular flexibility index (Phi) is 4.52. The van der Waals surface area contributed by atoms with Gasteiger partial charge in [0, 0.05) is 11.6 Å². The van der Waals surface area contributed by atoms with E-state index < -0.39 is 11.9 Å². The zero-order valence-corrected chi connectivity index (χ0v) is 9.57. The van der Waals surface area contributed by atoms with Gasteiger partial charge in [0.25, 0.3) is 0 Å². The van der Waals surface area contributed by atoms with Gasteiger partial charge in [0.2, 0.25) is 0 Å². The molecule has 4 nitrogen and oxygen atoms in total. The fraction of sp³-hybridized carbons (Fsp3) is 0.636. The molecule has 1 unspecified atom stereocenters. The summed E-state index contributed by atoms with van der Waals surface area (Å²) in [5, 5.41) is 17.3. The van der Waals surface area contributed by atoms with Crippen molar-refractivity contribution in [2.24, 2.45) is 11.3 Å². The Labute approximate surface area is 89.6 Å². The lowest BCUT2D eigenvalue weighted by Gasteiger charge is -2.27. The van der Waals surface area contributed by atoms with E-state index in [0.717, 1.165) is 6.08 Å². The lowest BCUT2D eigenvalue weighted by atomic mass is 9.78. The fourth-order valence-corrected chi connectivity index (χ4v) is 0.993. The number of hydrogen-bond donors (Lipinski definition) is 2. The Hall–Kier alpha value is -1.32. The van der Waals surface area contributed by atoms with Crippen LogP contribution in [0.2, 0.25) is 0 Å². The minimum atomic E-state index is -1.21. The number of carboxylic acids is 2. The van der Waals surface area contributed by atoms with Crippen molar-refractivity contribution in [1.29, 1.82) is 0 Å². The van der Waals surface area contributed by atoms with Gasteiger partial charge in [-0.25, -0.2) is 9.59 Å². The average Bonchev–Trinajstić information content (AvgIpc) is 1.99. The molecule has 0 aromatic rings. The molecule has 0 aromatic heterocycles. The van der Waals surface area contributed by atoms with E-state index in [9.17, 15) is 9.59 Å². The largest absolute Gasteiger partial charge is 0.478 e. The van der Waals surface area contributed by atoms with Crippen molar-refractivity contribution in [1.82, 2.24) is 0 Å². The Bertz CT molecular complexity index is 283. The van der Waals surface area contributed by atoms with Crippen LogP contribution >= 0.6 is 0 Å². The monoisotopic (exact) mass is 214 g/mol. The second-order valence-corrected chi connectivity index (χ2v) is 4.78. The van der Waals surface area contributed by atoms with Gasteiger partial charge in [-0.1, -0.05) is 27.7 Å². The van der Waals surface area contributed by atoms with E-state index in [1.54, 1.807) is 0 Å². The van der Waals surface area contributed by atoms with E-state index in [-0.39, 0.29) is 23.3 Å². The van der Waals surface area contributed by atoms with Crippen LogP contribution in [-0.2, 0) is 9.59 Å². The van der Waals surface area contributed by atoms with E-state index in [2.05, 4.69) is 0 Å². The van der Waals surface area contributed by atoms with Gasteiger partial charge in [0.05, 0.1) is 0 Å². The molecule has 0 aliphatic carbocycles. The van der Waals surface area contributed by atoms with Crippen LogP contribution in [0.5, 0.6) is 0 Å². The number of carboxylic acid groups (broad SMARTS) is 2. The maximum atomic E-state index is 10.8. The molecular weight excluding hydrogens is 196 g/mol. The Balaban J connectivity index is 4.72. The predicted octanol–water partition coefficient (Wildman–Crippen LogP) is 2.15.